The molecule has 1 heterocycles. The van der Waals surface area contributed by atoms with E-state index in [0.29, 0.717) is 18.7 Å². The first-order chi connectivity index (χ1) is 11.7. The Morgan fingerprint density at radius 2 is 2.12 bits per heavy atom. The van der Waals surface area contributed by atoms with Crippen LogP contribution in [0.4, 0.5) is 13.2 Å². The van der Waals surface area contributed by atoms with Crippen molar-refractivity contribution >= 4 is 11.8 Å². The summed E-state index contributed by atoms with van der Waals surface area (Å²) in [6.45, 7) is 4.69. The van der Waals surface area contributed by atoms with Gasteiger partial charge < -0.3 is 10.6 Å². The van der Waals surface area contributed by atoms with E-state index in [1.807, 2.05) is 13.8 Å². The minimum Gasteiger partial charge on any atom is -0.354 e. The van der Waals surface area contributed by atoms with E-state index in [-0.39, 0.29) is 30.8 Å². The highest BCUT2D eigenvalue weighted by Gasteiger charge is 2.33. The summed E-state index contributed by atoms with van der Waals surface area (Å²) in [7, 11) is 0. The highest BCUT2D eigenvalue weighted by atomic mass is 19.4. The van der Waals surface area contributed by atoms with Gasteiger partial charge in [-0.25, -0.2) is 0 Å². The fourth-order valence-corrected chi connectivity index (χ4v) is 2.81. The molecule has 1 aromatic carbocycles. The van der Waals surface area contributed by atoms with Crippen molar-refractivity contribution in [2.24, 2.45) is 0 Å². The summed E-state index contributed by atoms with van der Waals surface area (Å²) in [5.41, 5.74) is -0.264. The molecule has 2 N–H and O–H groups in total. The molecular weight excluding hydrogens is 335 g/mol. The van der Waals surface area contributed by atoms with Crippen LogP contribution in [0.15, 0.2) is 24.3 Å². The summed E-state index contributed by atoms with van der Waals surface area (Å²) >= 11 is 0. The van der Waals surface area contributed by atoms with Crippen LogP contribution in [0.3, 0.4) is 0 Å². The SMILES string of the molecule is CC(C)NC(=O)C[C@@H]1C(=O)NCCN1Cc1cccc(C(F)(F)F)c1. The highest BCUT2D eigenvalue weighted by molar-refractivity contribution is 5.88. The minimum atomic E-state index is -4.41. The number of hydrogen-bond donors (Lipinski definition) is 2. The Morgan fingerprint density at radius 3 is 2.76 bits per heavy atom. The van der Waals surface area contributed by atoms with Crippen molar-refractivity contribution in [3.8, 4) is 0 Å². The third-order valence-corrected chi connectivity index (χ3v) is 3.91. The van der Waals surface area contributed by atoms with Crippen LogP contribution in [0.1, 0.15) is 31.4 Å². The predicted octanol–water partition coefficient (Wildman–Crippen LogP) is 1.92. The van der Waals surface area contributed by atoms with Crippen LogP contribution in [0, 0.1) is 0 Å². The molecule has 0 spiro atoms. The molecular formula is C17H22F3N3O2. The van der Waals surface area contributed by atoms with E-state index in [0.717, 1.165) is 12.1 Å². The van der Waals surface area contributed by atoms with Crippen LogP contribution in [-0.4, -0.2) is 41.9 Å². The Bertz CT molecular complexity index is 632. The smallest absolute Gasteiger partial charge is 0.354 e. The summed E-state index contributed by atoms with van der Waals surface area (Å²) in [6, 6.07) is 4.30. The maximum absolute atomic E-state index is 12.8. The van der Waals surface area contributed by atoms with Crippen molar-refractivity contribution in [3.63, 3.8) is 0 Å². The topological polar surface area (TPSA) is 61.4 Å². The van der Waals surface area contributed by atoms with E-state index in [9.17, 15) is 22.8 Å². The fourth-order valence-electron chi connectivity index (χ4n) is 2.81. The molecule has 8 heteroatoms. The van der Waals surface area contributed by atoms with Crippen molar-refractivity contribution in [3.05, 3.63) is 35.4 Å². The molecule has 25 heavy (non-hydrogen) atoms. The van der Waals surface area contributed by atoms with Gasteiger partial charge in [0.25, 0.3) is 0 Å². The normalized spacial score (nSPS) is 19.0. The summed E-state index contributed by atoms with van der Waals surface area (Å²) in [5, 5.41) is 5.43. The van der Waals surface area contributed by atoms with Crippen molar-refractivity contribution < 1.29 is 22.8 Å². The van der Waals surface area contributed by atoms with Gasteiger partial charge in [-0.15, -0.1) is 0 Å². The third kappa shape index (κ3) is 5.45. The zero-order chi connectivity index (χ0) is 18.6. The van der Waals surface area contributed by atoms with E-state index >= 15 is 0 Å². The lowest BCUT2D eigenvalue weighted by Gasteiger charge is -2.35. The van der Waals surface area contributed by atoms with E-state index in [2.05, 4.69) is 10.6 Å². The lowest BCUT2D eigenvalue weighted by Crippen LogP contribution is -2.56. The van der Waals surface area contributed by atoms with Crippen LogP contribution in [0.25, 0.3) is 0 Å². The van der Waals surface area contributed by atoms with Crippen LogP contribution in [0.2, 0.25) is 0 Å². The Balaban J connectivity index is 2.12. The predicted molar refractivity (Wildman–Crippen MR) is 86.5 cm³/mol. The van der Waals surface area contributed by atoms with E-state index in [1.165, 1.54) is 6.07 Å². The van der Waals surface area contributed by atoms with Gasteiger partial charge in [0.05, 0.1) is 18.0 Å². The molecule has 0 radical (unpaired) electrons. The second kappa shape index (κ2) is 7.86. The van der Waals surface area contributed by atoms with Gasteiger partial charge in [-0.1, -0.05) is 18.2 Å². The maximum Gasteiger partial charge on any atom is 0.416 e. The average molecular weight is 357 g/mol. The molecule has 1 atom stereocenters. The monoisotopic (exact) mass is 357 g/mol. The number of amides is 2. The van der Waals surface area contributed by atoms with Crippen LogP contribution in [0.5, 0.6) is 0 Å². The first-order valence-electron chi connectivity index (χ1n) is 8.14. The number of nitrogens with one attached hydrogen (secondary N) is 2. The van der Waals surface area contributed by atoms with Gasteiger partial charge in [-0.05, 0) is 25.5 Å². The standard InChI is InChI=1S/C17H22F3N3O2/c1-11(2)22-15(24)9-14-16(25)21-6-7-23(14)10-12-4-3-5-13(8-12)17(18,19)20/h3-5,8,11,14H,6-7,9-10H2,1-2H3,(H,21,25)(H,22,24)/t14-/m1/s1. The van der Waals surface area contributed by atoms with Gasteiger partial charge in [0, 0.05) is 25.7 Å². The van der Waals surface area contributed by atoms with Crippen molar-refractivity contribution in [2.75, 3.05) is 13.1 Å². The number of rotatable bonds is 5. The maximum atomic E-state index is 12.8. The Kier molecular flexibility index (Phi) is 6.05. The van der Waals surface area contributed by atoms with Crippen LogP contribution in [-0.2, 0) is 22.3 Å². The van der Waals surface area contributed by atoms with E-state index in [4.69, 9.17) is 0 Å². The average Bonchev–Trinajstić information content (AvgIpc) is 2.49. The van der Waals surface area contributed by atoms with Crippen molar-refractivity contribution in [1.29, 1.82) is 0 Å². The Hall–Kier alpha value is -2.09. The zero-order valence-electron chi connectivity index (χ0n) is 14.2. The molecule has 1 aliphatic heterocycles. The fraction of sp³-hybridized carbons (Fsp3) is 0.529. The molecule has 1 fully saturated rings. The molecule has 5 nitrogen and oxygen atoms in total. The summed E-state index contributed by atoms with van der Waals surface area (Å²) in [5.74, 6) is -0.539. The van der Waals surface area contributed by atoms with Crippen LogP contribution >= 0.6 is 0 Å². The third-order valence-electron chi connectivity index (χ3n) is 3.91. The summed E-state index contributed by atoms with van der Waals surface area (Å²) in [4.78, 5) is 25.9. The molecule has 0 aromatic heterocycles. The molecule has 2 amide bonds. The van der Waals surface area contributed by atoms with Gasteiger partial charge >= 0.3 is 6.18 Å². The Labute approximate surface area is 144 Å². The number of carbonyl (C=O) groups excluding carboxylic acids is 2. The molecule has 1 saturated heterocycles. The van der Waals surface area contributed by atoms with Gasteiger partial charge in [-0.2, -0.15) is 13.2 Å². The van der Waals surface area contributed by atoms with E-state index in [1.54, 1.807) is 11.0 Å². The number of hydrogen-bond acceptors (Lipinski definition) is 3. The van der Waals surface area contributed by atoms with Gasteiger partial charge in [-0.3, -0.25) is 14.5 Å². The lowest BCUT2D eigenvalue weighted by molar-refractivity contribution is -0.137. The highest BCUT2D eigenvalue weighted by Crippen LogP contribution is 2.30. The quantitative estimate of drug-likeness (QED) is 0.846. The van der Waals surface area contributed by atoms with E-state index < -0.39 is 17.8 Å². The molecule has 0 saturated carbocycles. The minimum absolute atomic E-state index is 0.0248. The molecule has 1 aromatic rings. The lowest BCUT2D eigenvalue weighted by atomic mass is 10.0. The molecule has 1 aliphatic rings. The molecule has 138 valence electrons. The van der Waals surface area contributed by atoms with Crippen LogP contribution < -0.4 is 10.6 Å². The molecule has 0 aliphatic carbocycles. The van der Waals surface area contributed by atoms with Gasteiger partial charge in [0.2, 0.25) is 11.8 Å². The number of alkyl halides is 3. The van der Waals surface area contributed by atoms with Gasteiger partial charge in [0.15, 0.2) is 0 Å². The van der Waals surface area contributed by atoms with Crippen molar-refractivity contribution in [1.82, 2.24) is 15.5 Å². The first-order valence-corrected chi connectivity index (χ1v) is 8.14. The Morgan fingerprint density at radius 1 is 1.40 bits per heavy atom. The number of nitrogens with zero attached hydrogens (tertiary/aromatic N) is 1. The molecule has 0 unspecified atom stereocenters. The summed E-state index contributed by atoms with van der Waals surface area (Å²) in [6.07, 6.45) is -4.44. The van der Waals surface area contributed by atoms with Gasteiger partial charge in [0.1, 0.15) is 0 Å². The van der Waals surface area contributed by atoms with Crippen molar-refractivity contribution in [2.45, 2.75) is 45.1 Å². The number of carbonyl (C=O) groups is 2. The number of halogens is 3. The second-order valence-corrected chi connectivity index (χ2v) is 6.40. The largest absolute Gasteiger partial charge is 0.416 e. The number of piperazine rings is 1. The summed E-state index contributed by atoms with van der Waals surface area (Å²) < 4.78 is 38.5. The number of benzene rings is 1. The molecule has 0 bridgehead atoms. The first kappa shape index (κ1) is 19.2. The molecule has 2 rings (SSSR count). The second-order valence-electron chi connectivity index (χ2n) is 6.40. The zero-order valence-corrected chi connectivity index (χ0v) is 14.2.